The van der Waals surface area contributed by atoms with Crippen molar-refractivity contribution in [3.05, 3.63) is 82.0 Å². The van der Waals surface area contributed by atoms with Gasteiger partial charge in [-0.3, -0.25) is 14.3 Å². The van der Waals surface area contributed by atoms with Crippen molar-refractivity contribution in [3.63, 3.8) is 0 Å². The third-order valence-corrected chi connectivity index (χ3v) is 13.1. The number of benzene rings is 2. The van der Waals surface area contributed by atoms with E-state index < -0.39 is 28.0 Å². The Morgan fingerprint density at radius 3 is 2.83 bits per heavy atom. The summed E-state index contributed by atoms with van der Waals surface area (Å²) in [5, 5.41) is 2.30. The predicted octanol–water partition coefficient (Wildman–Crippen LogP) is 4.78. The zero-order valence-corrected chi connectivity index (χ0v) is 31.7. The number of carbonyl (C=O) groups excluding carboxylic acids is 2. The first kappa shape index (κ1) is 36.9. The summed E-state index contributed by atoms with van der Waals surface area (Å²) in [6, 6.07) is 11.5. The molecule has 2 aromatic carbocycles. The van der Waals surface area contributed by atoms with Crippen molar-refractivity contribution in [3.8, 4) is 5.75 Å². The Labute approximate surface area is 311 Å². The number of methoxy groups -OCH3 is 2. The van der Waals surface area contributed by atoms with E-state index in [1.807, 2.05) is 37.3 Å². The van der Waals surface area contributed by atoms with E-state index in [0.29, 0.717) is 44.0 Å². The highest BCUT2D eigenvalue weighted by atomic mass is 35.5. The number of aryl methyl sites for hydroxylation is 1. The molecule has 1 aliphatic carbocycles. The molecule has 1 fully saturated rings. The van der Waals surface area contributed by atoms with Crippen molar-refractivity contribution in [2.24, 2.45) is 16.2 Å². The van der Waals surface area contributed by atoms with Gasteiger partial charge in [-0.1, -0.05) is 36.7 Å². The van der Waals surface area contributed by atoms with Crippen LogP contribution in [0.2, 0.25) is 5.02 Å². The normalized spacial score (nSPS) is 32.6. The van der Waals surface area contributed by atoms with Crippen molar-refractivity contribution in [1.29, 1.82) is 0 Å². The van der Waals surface area contributed by atoms with Gasteiger partial charge in [0.15, 0.2) is 6.23 Å². The van der Waals surface area contributed by atoms with E-state index in [-0.39, 0.29) is 40.8 Å². The van der Waals surface area contributed by atoms with E-state index in [4.69, 9.17) is 30.5 Å². The van der Waals surface area contributed by atoms with Crippen LogP contribution in [0.4, 0.5) is 5.69 Å². The number of fused-ring (bicyclic) bond motifs is 4. The fourth-order valence-electron chi connectivity index (χ4n) is 8.38. The number of nitrogens with zero attached hydrogens (tertiary/aromatic N) is 3. The maximum Gasteiger partial charge on any atom is 0.288 e. The highest BCUT2D eigenvalue weighted by Gasteiger charge is 2.44. The Morgan fingerprint density at radius 2 is 2.02 bits per heavy atom. The van der Waals surface area contributed by atoms with Gasteiger partial charge in [0.25, 0.3) is 11.8 Å². The highest BCUT2D eigenvalue weighted by Crippen LogP contribution is 2.45. The van der Waals surface area contributed by atoms with Crippen molar-refractivity contribution in [2.75, 3.05) is 58.2 Å². The van der Waals surface area contributed by atoms with Crippen LogP contribution >= 0.6 is 11.6 Å². The quantitative estimate of drug-likeness (QED) is 0.423. The molecule has 3 unspecified atom stereocenters. The van der Waals surface area contributed by atoms with Gasteiger partial charge in [0.1, 0.15) is 21.8 Å². The molecule has 7 atom stereocenters. The van der Waals surface area contributed by atoms with E-state index in [2.05, 4.69) is 31.5 Å². The molecule has 2 N–H and O–H groups in total. The van der Waals surface area contributed by atoms with Crippen LogP contribution in [0.3, 0.4) is 0 Å². The molecule has 1 saturated heterocycles. The molecule has 0 radical (unpaired) electrons. The van der Waals surface area contributed by atoms with Gasteiger partial charge in [-0.05, 0) is 79.5 Å². The van der Waals surface area contributed by atoms with E-state index in [0.717, 1.165) is 36.4 Å². The number of allylic oxidation sites excluding steroid dienone is 1. The molecule has 12 nitrogen and oxygen atoms in total. The summed E-state index contributed by atoms with van der Waals surface area (Å²) < 4.78 is 45.9. The lowest BCUT2D eigenvalue weighted by Gasteiger charge is -2.41. The van der Waals surface area contributed by atoms with Gasteiger partial charge in [0.2, 0.25) is 0 Å². The predicted molar refractivity (Wildman–Crippen MR) is 199 cm³/mol. The SMILES string of the molecule is COC1NN(C)C=C1C(=O)N=S1(=O)C[C@@H](C)C/C=C/C(OC)[C@@H]2OCC[C@H]2CN2C[C@@]3(CCCc4cc(Cl)ccc43)COc3ccc(cc32)C(=O)N1. The number of hydrogen-bond donors (Lipinski definition) is 2. The maximum atomic E-state index is 14.6. The first-order chi connectivity index (χ1) is 25.0. The molecular weight excluding hydrogens is 706 g/mol. The summed E-state index contributed by atoms with van der Waals surface area (Å²) in [6.45, 7) is 4.32. The van der Waals surface area contributed by atoms with Gasteiger partial charge in [-0.2, -0.15) is 0 Å². The molecule has 4 heterocycles. The Balaban J connectivity index is 1.30. The second-order valence-corrected chi connectivity index (χ2v) is 17.2. The van der Waals surface area contributed by atoms with Crippen LogP contribution in [0.1, 0.15) is 54.1 Å². The largest absolute Gasteiger partial charge is 0.490 e. The lowest BCUT2D eigenvalue weighted by atomic mass is 9.70. The van der Waals surface area contributed by atoms with Crippen LogP contribution in [0.15, 0.2) is 64.7 Å². The number of anilines is 1. The smallest absolute Gasteiger partial charge is 0.288 e. The van der Waals surface area contributed by atoms with Gasteiger partial charge in [0.05, 0.1) is 29.7 Å². The molecule has 1 spiro atoms. The molecule has 280 valence electrons. The first-order valence-electron chi connectivity index (χ1n) is 18.0. The standard InChI is InChI=1S/C38H48ClN5O7S/c1-24-7-5-9-33(48-3)34-27(14-16-50-34)19-44-22-38(15-6-8-25-17-28(39)11-12-30(25)38)23-51-32-13-10-26(18-31(32)44)35(45)41-52(47,21-24)42-36(46)29-20-43(2)40-37(29)49-4/h5,9-13,17-18,20,24,27,33-34,37,40H,6-8,14-16,19,21-23H2,1-4H3,(H,41,42,45,46,47)/b9-5+/t24-,27-,33?,34+,37?,38-,52?/m0/s1. The van der Waals surface area contributed by atoms with Gasteiger partial charge in [0, 0.05) is 69.1 Å². The molecule has 4 aliphatic heterocycles. The van der Waals surface area contributed by atoms with E-state index in [1.165, 1.54) is 18.2 Å². The van der Waals surface area contributed by atoms with E-state index >= 15 is 0 Å². The second kappa shape index (κ2) is 15.1. The zero-order chi connectivity index (χ0) is 36.6. The minimum absolute atomic E-state index is 0.0463. The van der Waals surface area contributed by atoms with Gasteiger partial charge < -0.3 is 28.9 Å². The van der Waals surface area contributed by atoms with Crippen molar-refractivity contribution in [2.45, 2.75) is 62.9 Å². The first-order valence-corrected chi connectivity index (χ1v) is 20.0. The molecule has 2 aromatic rings. The van der Waals surface area contributed by atoms with Crippen molar-refractivity contribution < 1.29 is 32.7 Å². The monoisotopic (exact) mass is 753 g/mol. The summed E-state index contributed by atoms with van der Waals surface area (Å²) in [5.74, 6) is -0.754. The lowest BCUT2D eigenvalue weighted by Crippen LogP contribution is -2.48. The van der Waals surface area contributed by atoms with Crippen molar-refractivity contribution >= 4 is 39.0 Å². The van der Waals surface area contributed by atoms with Crippen molar-refractivity contribution in [1.82, 2.24) is 15.2 Å². The number of nitrogens with one attached hydrogen (secondary N) is 2. The Bertz CT molecular complexity index is 1900. The zero-order valence-electron chi connectivity index (χ0n) is 30.1. The maximum absolute atomic E-state index is 14.6. The van der Waals surface area contributed by atoms with Crippen LogP contribution in [0.5, 0.6) is 5.75 Å². The van der Waals surface area contributed by atoms with Crippen LogP contribution < -0.4 is 19.8 Å². The van der Waals surface area contributed by atoms with Gasteiger partial charge >= 0.3 is 0 Å². The minimum atomic E-state index is -3.60. The number of halogens is 1. The number of rotatable bonds is 3. The molecular formula is C38H48ClN5O7S. The molecule has 2 amide bonds. The van der Waals surface area contributed by atoms with Crippen LogP contribution in [0, 0.1) is 11.8 Å². The third kappa shape index (κ3) is 7.49. The van der Waals surface area contributed by atoms with Gasteiger partial charge in [-0.15, -0.1) is 4.36 Å². The highest BCUT2D eigenvalue weighted by molar-refractivity contribution is 7.92. The van der Waals surface area contributed by atoms with Gasteiger partial charge in [-0.25, -0.2) is 9.63 Å². The topological polar surface area (TPSA) is 131 Å². The second-order valence-electron chi connectivity index (χ2n) is 14.7. The molecule has 0 aromatic heterocycles. The Morgan fingerprint density at radius 1 is 1.17 bits per heavy atom. The molecule has 2 bridgehead atoms. The Hall–Kier alpha value is -3.46. The summed E-state index contributed by atoms with van der Waals surface area (Å²) in [4.78, 5) is 29.9. The fraction of sp³-hybridized carbons (Fsp3) is 0.526. The minimum Gasteiger partial charge on any atom is -0.490 e. The van der Waals surface area contributed by atoms with Crippen LogP contribution in [0.25, 0.3) is 0 Å². The van der Waals surface area contributed by atoms with E-state index in [1.54, 1.807) is 31.4 Å². The summed E-state index contributed by atoms with van der Waals surface area (Å²) >= 11 is 6.46. The Kier molecular flexibility index (Phi) is 10.7. The summed E-state index contributed by atoms with van der Waals surface area (Å²) in [7, 11) is 1.28. The molecule has 52 heavy (non-hydrogen) atoms. The van der Waals surface area contributed by atoms with E-state index in [9.17, 15) is 13.8 Å². The average Bonchev–Trinajstić information content (AvgIpc) is 3.70. The number of amides is 2. The molecule has 14 heteroatoms. The number of hydrazine groups is 1. The molecule has 5 aliphatic rings. The lowest BCUT2D eigenvalue weighted by molar-refractivity contribution is -0.115. The number of ether oxygens (including phenoxy) is 4. The summed E-state index contributed by atoms with van der Waals surface area (Å²) in [5.41, 5.74) is 6.40. The average molecular weight is 754 g/mol. The number of hydrogen-bond acceptors (Lipinski definition) is 10. The summed E-state index contributed by atoms with van der Waals surface area (Å²) in [6.07, 6.45) is 8.61. The molecule has 0 saturated carbocycles. The van der Waals surface area contributed by atoms with Crippen LogP contribution in [-0.4, -0.2) is 92.8 Å². The fourth-order valence-corrected chi connectivity index (χ4v) is 10.5. The number of carbonyl (C=O) groups is 2. The third-order valence-electron chi connectivity index (χ3n) is 10.9. The molecule has 7 rings (SSSR count). The van der Waals surface area contributed by atoms with Crippen LogP contribution in [-0.2, 0) is 40.8 Å².